The average Bonchev–Trinajstić information content (AvgIpc) is 2.73. The maximum Gasteiger partial charge on any atom is 0.161 e. The molecule has 1 aliphatic heterocycles. The molecule has 5 heteroatoms. The van der Waals surface area contributed by atoms with Crippen LogP contribution in [0.5, 0.6) is 0 Å². The van der Waals surface area contributed by atoms with Gasteiger partial charge in [0.2, 0.25) is 0 Å². The molecule has 2 aromatic heterocycles. The third-order valence-corrected chi connectivity index (χ3v) is 4.80. The molecule has 0 bridgehead atoms. The summed E-state index contributed by atoms with van der Waals surface area (Å²) in [5.74, 6) is 4.48. The van der Waals surface area contributed by atoms with Crippen LogP contribution in [-0.4, -0.2) is 26.1 Å². The first-order valence-corrected chi connectivity index (χ1v) is 7.84. The Bertz CT molecular complexity index is 519. The molecule has 0 atom stereocenters. The molecule has 3 rings (SSSR count). The molecule has 0 aliphatic carbocycles. The van der Waals surface area contributed by atoms with E-state index in [1.807, 2.05) is 18.3 Å². The van der Waals surface area contributed by atoms with Crippen molar-refractivity contribution in [2.45, 2.75) is 19.3 Å². The van der Waals surface area contributed by atoms with Crippen LogP contribution in [0.4, 0.5) is 0 Å². The highest BCUT2D eigenvalue weighted by atomic mass is 79.9. The molecule has 1 fully saturated rings. The molecule has 0 amide bonds. The lowest BCUT2D eigenvalue weighted by Gasteiger charge is -2.20. The van der Waals surface area contributed by atoms with Crippen LogP contribution >= 0.6 is 27.7 Å². The molecule has 17 heavy (non-hydrogen) atoms. The second-order valence-electron chi connectivity index (χ2n) is 4.45. The highest BCUT2D eigenvalue weighted by molar-refractivity contribution is 9.10. The van der Waals surface area contributed by atoms with E-state index in [2.05, 4.69) is 42.3 Å². The monoisotopic (exact) mass is 311 g/mol. The van der Waals surface area contributed by atoms with Gasteiger partial charge in [0.25, 0.3) is 0 Å². The van der Waals surface area contributed by atoms with Gasteiger partial charge in [-0.1, -0.05) is 15.9 Å². The number of fused-ring (bicyclic) bond motifs is 1. The van der Waals surface area contributed by atoms with E-state index in [0.29, 0.717) is 0 Å². The highest BCUT2D eigenvalue weighted by Crippen LogP contribution is 2.25. The van der Waals surface area contributed by atoms with Gasteiger partial charge in [0.05, 0.1) is 0 Å². The summed E-state index contributed by atoms with van der Waals surface area (Å²) < 4.78 is 3.16. The molecule has 1 aliphatic rings. The van der Waals surface area contributed by atoms with E-state index in [4.69, 9.17) is 0 Å². The minimum atomic E-state index is 0.785. The molecule has 0 aromatic carbocycles. The number of hydrogen-bond donors (Lipinski definition) is 0. The molecule has 0 N–H and O–H groups in total. The summed E-state index contributed by atoms with van der Waals surface area (Å²) in [6.45, 7) is 0. The Hall–Kier alpha value is -0.550. The molecular formula is C12H14BrN3S. The molecule has 0 radical (unpaired) electrons. The molecule has 0 unspecified atom stereocenters. The summed E-state index contributed by atoms with van der Waals surface area (Å²) in [5.41, 5.74) is 0.930. The first-order valence-electron chi connectivity index (χ1n) is 5.90. The second-order valence-corrected chi connectivity index (χ2v) is 6.59. The summed E-state index contributed by atoms with van der Waals surface area (Å²) in [6, 6.07) is 4.05. The van der Waals surface area contributed by atoms with Crippen molar-refractivity contribution in [2.75, 3.05) is 11.5 Å². The summed E-state index contributed by atoms with van der Waals surface area (Å²) in [4.78, 5) is 0. The van der Waals surface area contributed by atoms with Gasteiger partial charge in [0.1, 0.15) is 5.82 Å². The molecule has 90 valence electrons. The Labute approximate surface area is 113 Å². The fraction of sp³-hybridized carbons (Fsp3) is 0.500. The predicted octanol–water partition coefficient (Wildman–Crippen LogP) is 3.18. The van der Waals surface area contributed by atoms with Crippen molar-refractivity contribution in [1.82, 2.24) is 14.6 Å². The van der Waals surface area contributed by atoms with Gasteiger partial charge in [0, 0.05) is 17.1 Å². The molecule has 3 nitrogen and oxygen atoms in total. The van der Waals surface area contributed by atoms with Crippen LogP contribution in [0, 0.1) is 5.92 Å². The summed E-state index contributed by atoms with van der Waals surface area (Å²) in [5, 5.41) is 8.54. The van der Waals surface area contributed by atoms with Crippen LogP contribution in [0.15, 0.2) is 22.8 Å². The molecule has 0 spiro atoms. The number of thioether (sulfide) groups is 1. The lowest BCUT2D eigenvalue weighted by molar-refractivity contribution is 0.474. The van der Waals surface area contributed by atoms with Crippen molar-refractivity contribution in [3.8, 4) is 0 Å². The number of pyridine rings is 1. The minimum Gasteiger partial charge on any atom is -0.286 e. The number of rotatable bonds is 2. The maximum absolute atomic E-state index is 4.32. The van der Waals surface area contributed by atoms with Gasteiger partial charge in [-0.15, -0.1) is 10.2 Å². The van der Waals surface area contributed by atoms with Crippen molar-refractivity contribution < 1.29 is 0 Å². The van der Waals surface area contributed by atoms with E-state index in [0.717, 1.165) is 28.3 Å². The topological polar surface area (TPSA) is 30.2 Å². The van der Waals surface area contributed by atoms with Crippen LogP contribution < -0.4 is 0 Å². The molecule has 3 heterocycles. The van der Waals surface area contributed by atoms with Gasteiger partial charge in [-0.25, -0.2) is 0 Å². The van der Waals surface area contributed by atoms with Gasteiger partial charge >= 0.3 is 0 Å². The third-order valence-electron chi connectivity index (χ3n) is 3.25. The Morgan fingerprint density at radius 1 is 1.35 bits per heavy atom. The first kappa shape index (κ1) is 11.5. The largest absolute Gasteiger partial charge is 0.286 e. The third kappa shape index (κ3) is 2.50. The van der Waals surface area contributed by atoms with Crippen LogP contribution in [-0.2, 0) is 6.42 Å². The Kier molecular flexibility index (Phi) is 3.38. The van der Waals surface area contributed by atoms with E-state index in [1.165, 1.54) is 24.3 Å². The first-order chi connectivity index (χ1) is 8.33. The van der Waals surface area contributed by atoms with Crippen molar-refractivity contribution in [2.24, 2.45) is 5.92 Å². The summed E-state index contributed by atoms with van der Waals surface area (Å²) in [6.07, 6.45) is 5.74. The number of aromatic nitrogens is 3. The van der Waals surface area contributed by atoms with E-state index in [1.54, 1.807) is 0 Å². The fourth-order valence-electron chi connectivity index (χ4n) is 2.26. The van der Waals surface area contributed by atoms with Crippen LogP contribution in [0.3, 0.4) is 0 Å². The number of hydrogen-bond acceptors (Lipinski definition) is 3. The van der Waals surface area contributed by atoms with Crippen molar-refractivity contribution in [1.29, 1.82) is 0 Å². The van der Waals surface area contributed by atoms with Gasteiger partial charge < -0.3 is 0 Å². The van der Waals surface area contributed by atoms with Crippen LogP contribution in [0.1, 0.15) is 18.7 Å². The zero-order chi connectivity index (χ0) is 11.7. The minimum absolute atomic E-state index is 0.785. The van der Waals surface area contributed by atoms with Crippen molar-refractivity contribution >= 4 is 33.3 Å². The zero-order valence-electron chi connectivity index (χ0n) is 9.47. The SMILES string of the molecule is Brc1ccn2c(CC3CCSCC3)nnc2c1. The summed E-state index contributed by atoms with van der Waals surface area (Å²) >= 11 is 5.52. The standard InChI is InChI=1S/C12H14BrN3S/c13-10-1-4-16-11(14-15-12(16)8-10)7-9-2-5-17-6-3-9/h1,4,8-9H,2-3,5-7H2. The van der Waals surface area contributed by atoms with E-state index in [-0.39, 0.29) is 0 Å². The molecule has 1 saturated heterocycles. The fourth-order valence-corrected chi connectivity index (χ4v) is 3.79. The normalized spacial score (nSPS) is 17.7. The van der Waals surface area contributed by atoms with Gasteiger partial charge in [-0.05, 0) is 42.4 Å². The van der Waals surface area contributed by atoms with Gasteiger partial charge in [0.15, 0.2) is 5.65 Å². The van der Waals surface area contributed by atoms with Crippen LogP contribution in [0.25, 0.3) is 5.65 Å². The summed E-state index contributed by atoms with van der Waals surface area (Å²) in [7, 11) is 0. The van der Waals surface area contributed by atoms with E-state index >= 15 is 0 Å². The van der Waals surface area contributed by atoms with Crippen molar-refractivity contribution in [3.63, 3.8) is 0 Å². The smallest absolute Gasteiger partial charge is 0.161 e. The number of nitrogens with zero attached hydrogens (tertiary/aromatic N) is 3. The lowest BCUT2D eigenvalue weighted by Crippen LogP contribution is -2.13. The molecular weight excluding hydrogens is 298 g/mol. The molecule has 0 saturated carbocycles. The maximum atomic E-state index is 4.32. The Balaban J connectivity index is 1.84. The van der Waals surface area contributed by atoms with Crippen molar-refractivity contribution in [3.05, 3.63) is 28.6 Å². The Morgan fingerprint density at radius 3 is 3.00 bits per heavy atom. The second kappa shape index (κ2) is 4.98. The molecule has 2 aromatic rings. The lowest BCUT2D eigenvalue weighted by atomic mass is 9.98. The van der Waals surface area contributed by atoms with Gasteiger partial charge in [-0.2, -0.15) is 11.8 Å². The van der Waals surface area contributed by atoms with Crippen LogP contribution in [0.2, 0.25) is 0 Å². The number of halogens is 1. The highest BCUT2D eigenvalue weighted by Gasteiger charge is 2.17. The predicted molar refractivity (Wildman–Crippen MR) is 74.4 cm³/mol. The average molecular weight is 312 g/mol. The van der Waals surface area contributed by atoms with E-state index < -0.39 is 0 Å². The van der Waals surface area contributed by atoms with Gasteiger partial charge in [-0.3, -0.25) is 4.40 Å². The Morgan fingerprint density at radius 2 is 2.18 bits per heavy atom. The van der Waals surface area contributed by atoms with E-state index in [9.17, 15) is 0 Å². The zero-order valence-corrected chi connectivity index (χ0v) is 11.9. The quantitative estimate of drug-likeness (QED) is 0.853.